The highest BCUT2D eigenvalue weighted by atomic mass is 16.7. The maximum Gasteiger partial charge on any atom is 0.0859 e. The number of hydroxylamine groups is 2. The average Bonchev–Trinajstić information content (AvgIpc) is 1.79. The van der Waals surface area contributed by atoms with Crippen molar-refractivity contribution in [2.24, 2.45) is 0 Å². The van der Waals surface area contributed by atoms with Gasteiger partial charge in [-0.05, 0) is 27.2 Å². The van der Waals surface area contributed by atoms with Gasteiger partial charge in [0, 0.05) is 13.1 Å². The van der Waals surface area contributed by atoms with Gasteiger partial charge in [0.1, 0.15) is 0 Å². The van der Waals surface area contributed by atoms with Crippen molar-refractivity contribution in [3.05, 3.63) is 0 Å². The topological polar surface area (TPSA) is 12.5 Å². The summed E-state index contributed by atoms with van der Waals surface area (Å²) in [5.41, 5.74) is 0.0637. The van der Waals surface area contributed by atoms with Crippen LogP contribution in [-0.4, -0.2) is 23.8 Å². The zero-order valence-electron chi connectivity index (χ0n) is 6.64. The molecule has 0 saturated carbocycles. The first-order valence-corrected chi connectivity index (χ1v) is 3.43. The molecule has 1 saturated heterocycles. The summed E-state index contributed by atoms with van der Waals surface area (Å²) in [6, 6.07) is 0.569. The summed E-state index contributed by atoms with van der Waals surface area (Å²) in [6.45, 7) is 6.41. The molecule has 1 aliphatic rings. The molecule has 0 N–H and O–H groups in total. The Balaban J connectivity index is 2.54. The van der Waals surface area contributed by atoms with Crippen molar-refractivity contribution in [2.75, 3.05) is 7.05 Å². The Bertz CT molecular complexity index is 99.5. The molecule has 1 unspecified atom stereocenters. The van der Waals surface area contributed by atoms with E-state index in [1.165, 1.54) is 0 Å². The van der Waals surface area contributed by atoms with Gasteiger partial charge in [0.2, 0.25) is 0 Å². The third kappa shape index (κ3) is 1.43. The third-order valence-corrected chi connectivity index (χ3v) is 1.80. The first-order valence-electron chi connectivity index (χ1n) is 3.43. The lowest BCUT2D eigenvalue weighted by molar-refractivity contribution is -0.174. The van der Waals surface area contributed by atoms with Gasteiger partial charge in [0.15, 0.2) is 0 Å². The number of hydrogen-bond acceptors (Lipinski definition) is 2. The number of hydrogen-bond donors (Lipinski definition) is 0. The van der Waals surface area contributed by atoms with E-state index in [0.717, 1.165) is 6.42 Å². The van der Waals surface area contributed by atoms with Crippen LogP contribution >= 0.6 is 0 Å². The van der Waals surface area contributed by atoms with E-state index in [9.17, 15) is 0 Å². The SMILES string of the molecule is CC1CC(C)(C)ON1C. The van der Waals surface area contributed by atoms with Gasteiger partial charge in [-0.15, -0.1) is 0 Å². The largest absolute Gasteiger partial charge is 0.293 e. The number of nitrogens with zero attached hydrogens (tertiary/aromatic N) is 1. The molecule has 1 rings (SSSR count). The van der Waals surface area contributed by atoms with Crippen molar-refractivity contribution in [2.45, 2.75) is 38.8 Å². The molecule has 0 aliphatic carbocycles. The molecule has 0 aromatic heterocycles. The molecule has 54 valence electrons. The Morgan fingerprint density at radius 1 is 1.56 bits per heavy atom. The van der Waals surface area contributed by atoms with E-state index in [4.69, 9.17) is 4.84 Å². The molecule has 9 heavy (non-hydrogen) atoms. The smallest absolute Gasteiger partial charge is 0.0859 e. The Labute approximate surface area is 56.8 Å². The quantitative estimate of drug-likeness (QED) is 0.490. The van der Waals surface area contributed by atoms with Gasteiger partial charge in [-0.2, -0.15) is 5.06 Å². The molecule has 0 spiro atoms. The zero-order chi connectivity index (χ0) is 7.07. The predicted molar refractivity (Wildman–Crippen MR) is 37.0 cm³/mol. The lowest BCUT2D eigenvalue weighted by atomic mass is 10.0. The Morgan fingerprint density at radius 2 is 2.11 bits per heavy atom. The van der Waals surface area contributed by atoms with Crippen LogP contribution in [0.2, 0.25) is 0 Å². The molecule has 0 aromatic carbocycles. The summed E-state index contributed by atoms with van der Waals surface area (Å²) >= 11 is 0. The van der Waals surface area contributed by atoms with E-state index < -0.39 is 0 Å². The molecule has 2 nitrogen and oxygen atoms in total. The molecule has 1 atom stereocenters. The molecule has 1 fully saturated rings. The standard InChI is InChI=1S/C7H15NO/c1-6-5-7(2,3)9-8(6)4/h6H,5H2,1-4H3. The minimum atomic E-state index is 0.0637. The molecule has 0 bridgehead atoms. The van der Waals surface area contributed by atoms with Crippen LogP contribution in [0.5, 0.6) is 0 Å². The van der Waals surface area contributed by atoms with Crippen LogP contribution in [0.15, 0.2) is 0 Å². The highest BCUT2D eigenvalue weighted by Gasteiger charge is 2.33. The van der Waals surface area contributed by atoms with Gasteiger partial charge in [-0.25, -0.2) is 0 Å². The van der Waals surface area contributed by atoms with E-state index in [2.05, 4.69) is 20.8 Å². The lowest BCUT2D eigenvalue weighted by Gasteiger charge is -2.16. The van der Waals surface area contributed by atoms with Crippen molar-refractivity contribution in [3.63, 3.8) is 0 Å². The Hall–Kier alpha value is -0.0800. The van der Waals surface area contributed by atoms with E-state index in [0.29, 0.717) is 6.04 Å². The third-order valence-electron chi connectivity index (χ3n) is 1.80. The second-order valence-electron chi connectivity index (χ2n) is 3.45. The van der Waals surface area contributed by atoms with Crippen LogP contribution in [0, 0.1) is 0 Å². The van der Waals surface area contributed by atoms with Gasteiger partial charge in [0.25, 0.3) is 0 Å². The van der Waals surface area contributed by atoms with Gasteiger partial charge in [0.05, 0.1) is 5.60 Å². The number of rotatable bonds is 0. The minimum Gasteiger partial charge on any atom is -0.293 e. The van der Waals surface area contributed by atoms with Crippen LogP contribution in [0.4, 0.5) is 0 Å². The minimum absolute atomic E-state index is 0.0637. The monoisotopic (exact) mass is 129 g/mol. The highest BCUT2D eigenvalue weighted by molar-refractivity contribution is 4.79. The maximum atomic E-state index is 5.49. The normalized spacial score (nSPS) is 35.3. The van der Waals surface area contributed by atoms with Crippen molar-refractivity contribution >= 4 is 0 Å². The molecule has 1 heterocycles. The van der Waals surface area contributed by atoms with Crippen LogP contribution < -0.4 is 0 Å². The van der Waals surface area contributed by atoms with Gasteiger partial charge in [-0.3, -0.25) is 4.84 Å². The zero-order valence-corrected chi connectivity index (χ0v) is 6.64. The van der Waals surface area contributed by atoms with Gasteiger partial charge in [-0.1, -0.05) is 0 Å². The summed E-state index contributed by atoms with van der Waals surface area (Å²) in [5, 5.41) is 1.93. The average molecular weight is 129 g/mol. The Kier molecular flexibility index (Phi) is 1.53. The molecule has 0 aromatic rings. The van der Waals surface area contributed by atoms with E-state index >= 15 is 0 Å². The molecule has 0 amide bonds. The van der Waals surface area contributed by atoms with Gasteiger partial charge < -0.3 is 0 Å². The predicted octanol–water partition coefficient (Wildman–Crippen LogP) is 1.42. The second-order valence-corrected chi connectivity index (χ2v) is 3.45. The Morgan fingerprint density at radius 3 is 2.22 bits per heavy atom. The first-order chi connectivity index (χ1) is 4.01. The van der Waals surface area contributed by atoms with Crippen LogP contribution in [0.25, 0.3) is 0 Å². The van der Waals surface area contributed by atoms with Crippen molar-refractivity contribution in [3.8, 4) is 0 Å². The fraction of sp³-hybridized carbons (Fsp3) is 1.00. The van der Waals surface area contributed by atoms with Gasteiger partial charge >= 0.3 is 0 Å². The fourth-order valence-corrected chi connectivity index (χ4v) is 1.36. The van der Waals surface area contributed by atoms with E-state index in [1.807, 2.05) is 12.1 Å². The first kappa shape index (κ1) is 7.03. The molecule has 0 radical (unpaired) electrons. The van der Waals surface area contributed by atoms with Crippen molar-refractivity contribution in [1.82, 2.24) is 5.06 Å². The fourth-order valence-electron chi connectivity index (χ4n) is 1.36. The molecular formula is C7H15NO. The van der Waals surface area contributed by atoms with Crippen LogP contribution in [-0.2, 0) is 4.84 Å². The summed E-state index contributed by atoms with van der Waals surface area (Å²) < 4.78 is 0. The summed E-state index contributed by atoms with van der Waals surface area (Å²) in [4.78, 5) is 5.49. The highest BCUT2D eigenvalue weighted by Crippen LogP contribution is 2.27. The van der Waals surface area contributed by atoms with Crippen LogP contribution in [0.3, 0.4) is 0 Å². The van der Waals surface area contributed by atoms with E-state index in [-0.39, 0.29) is 5.60 Å². The van der Waals surface area contributed by atoms with E-state index in [1.54, 1.807) is 0 Å². The summed E-state index contributed by atoms with van der Waals surface area (Å²) in [7, 11) is 1.99. The van der Waals surface area contributed by atoms with Crippen LogP contribution in [0.1, 0.15) is 27.2 Å². The molecule has 2 heteroatoms. The summed E-state index contributed by atoms with van der Waals surface area (Å²) in [5.74, 6) is 0. The molecular weight excluding hydrogens is 114 g/mol. The summed E-state index contributed by atoms with van der Waals surface area (Å²) in [6.07, 6.45) is 1.13. The maximum absolute atomic E-state index is 5.49. The molecule has 1 aliphatic heterocycles. The van der Waals surface area contributed by atoms with Crippen molar-refractivity contribution in [1.29, 1.82) is 0 Å². The van der Waals surface area contributed by atoms with Crippen molar-refractivity contribution < 1.29 is 4.84 Å². The second kappa shape index (κ2) is 1.96. The lowest BCUT2D eigenvalue weighted by Crippen LogP contribution is -2.22.